The maximum absolute atomic E-state index is 14.8. The summed E-state index contributed by atoms with van der Waals surface area (Å²) in [6, 6.07) is 14.1. The highest BCUT2D eigenvalue weighted by atomic mass is 35.5. The topological polar surface area (TPSA) is 183 Å². The van der Waals surface area contributed by atoms with Crippen molar-refractivity contribution in [3.05, 3.63) is 139 Å². The molecule has 3 fully saturated rings. The lowest BCUT2D eigenvalue weighted by molar-refractivity contribution is -0.102. The van der Waals surface area contributed by atoms with Gasteiger partial charge in [0.15, 0.2) is 34.0 Å². The van der Waals surface area contributed by atoms with Crippen molar-refractivity contribution in [1.29, 1.82) is 0 Å². The van der Waals surface area contributed by atoms with Gasteiger partial charge < -0.3 is 18.2 Å². The van der Waals surface area contributed by atoms with Gasteiger partial charge in [0.1, 0.15) is 25.7 Å². The summed E-state index contributed by atoms with van der Waals surface area (Å²) >= 11 is 16.3. The zero-order valence-electron chi connectivity index (χ0n) is 34.9. The Hall–Kier alpha value is -5.44. The van der Waals surface area contributed by atoms with Crippen molar-refractivity contribution >= 4 is 69.1 Å². The molecule has 0 spiro atoms. The lowest BCUT2D eigenvalue weighted by Crippen LogP contribution is -2.40. The molecule has 8 aromatic rings. The van der Waals surface area contributed by atoms with Crippen LogP contribution in [0.25, 0.3) is 22.3 Å². The van der Waals surface area contributed by atoms with E-state index < -0.39 is 11.8 Å². The Balaban J connectivity index is 0.000000154. The molecule has 6 aromatic heterocycles. The summed E-state index contributed by atoms with van der Waals surface area (Å²) in [7, 11) is 3.49. The van der Waals surface area contributed by atoms with Crippen molar-refractivity contribution in [2.75, 3.05) is 11.5 Å². The van der Waals surface area contributed by atoms with Gasteiger partial charge in [0, 0.05) is 47.5 Å². The van der Waals surface area contributed by atoms with Gasteiger partial charge in [-0.3, -0.25) is 18.7 Å². The fraction of sp³-hybridized carbons (Fsp3) is 0.395. The predicted octanol–water partition coefficient (Wildman–Crippen LogP) is 7.93. The van der Waals surface area contributed by atoms with Gasteiger partial charge in [-0.15, -0.1) is 23.5 Å². The maximum atomic E-state index is 14.8. The van der Waals surface area contributed by atoms with Crippen LogP contribution in [0.3, 0.4) is 0 Å². The van der Waals surface area contributed by atoms with Gasteiger partial charge in [0.2, 0.25) is 11.8 Å². The van der Waals surface area contributed by atoms with Crippen molar-refractivity contribution in [3.8, 4) is 0 Å². The Bertz CT molecular complexity index is 3150. The van der Waals surface area contributed by atoms with E-state index in [-0.39, 0.29) is 69.4 Å². The Morgan fingerprint density at radius 1 is 0.723 bits per heavy atom. The number of benzene rings is 2. The number of alkyl halides is 2. The highest BCUT2D eigenvalue weighted by molar-refractivity contribution is 8.18. The van der Waals surface area contributed by atoms with E-state index in [2.05, 4.69) is 81.9 Å². The smallest absolute Gasteiger partial charge is 0.280 e. The van der Waals surface area contributed by atoms with Crippen LogP contribution in [0, 0.1) is 11.8 Å². The molecule has 2 aromatic carbocycles. The Labute approximate surface area is 387 Å². The van der Waals surface area contributed by atoms with Crippen molar-refractivity contribution in [2.24, 2.45) is 25.9 Å². The second kappa shape index (κ2) is 17.4. The van der Waals surface area contributed by atoms with E-state index in [0.717, 1.165) is 35.2 Å². The van der Waals surface area contributed by atoms with Gasteiger partial charge in [0.05, 0.1) is 16.7 Å². The summed E-state index contributed by atoms with van der Waals surface area (Å²) in [5.74, 6) is 0.804. The number of hydrogen-bond donors (Lipinski definition) is 0. The van der Waals surface area contributed by atoms with Crippen molar-refractivity contribution in [3.63, 3.8) is 0 Å². The summed E-state index contributed by atoms with van der Waals surface area (Å²) in [5.41, 5.74) is 2.38. The van der Waals surface area contributed by atoms with Gasteiger partial charge in [-0.25, -0.2) is 28.7 Å². The number of fused-ring (bicyclic) bond motifs is 2. The number of halogens is 4. The van der Waals surface area contributed by atoms with Gasteiger partial charge in [-0.1, -0.05) is 57.8 Å². The first-order valence-electron chi connectivity index (χ1n) is 20.9. The zero-order chi connectivity index (χ0) is 45.0. The fourth-order valence-electron chi connectivity index (χ4n) is 8.74. The van der Waals surface area contributed by atoms with Crippen molar-refractivity contribution in [1.82, 2.24) is 58.5 Å². The van der Waals surface area contributed by atoms with E-state index in [1.807, 2.05) is 6.07 Å². The molecule has 0 N–H and O–H groups in total. The molecule has 16 nitrogen and oxygen atoms in total. The largest absolute Gasteiger partial charge is 0.337 e. The molecule has 7 heterocycles. The first-order valence-corrected chi connectivity index (χ1v) is 23.6. The molecule has 336 valence electrons. The standard InChI is InChI=1S/C23H23ClN6O2S2.C20H17ClF2N6O2/c1-29-12-25-21-19(29)22(31)30(13-26-21)11-18-27-20(28-32-18)14-8-16(9-14)23(33-6-3-7-34-23)15-4-2-5-17(24)10-15;1-28-9-24-18-16(28)19(30)29(10-25-18)8-15-26-17(27-31-15)11-5-13(6-11)20(22,23)12-3-2-4-14(21)7-12/h2,4-5,10,12-14,16H,3,6-9,11H2,1H3;2-4,7,9-11,13H,5-6,8H2,1H3. The van der Waals surface area contributed by atoms with Crippen LogP contribution in [-0.4, -0.2) is 70.0 Å². The average Bonchev–Trinajstić information content (AvgIpc) is 4.08. The maximum Gasteiger partial charge on any atom is 0.280 e. The van der Waals surface area contributed by atoms with Crippen LogP contribution in [0.15, 0.2) is 92.5 Å². The summed E-state index contributed by atoms with van der Waals surface area (Å²) in [6.45, 7) is 0.225. The molecule has 0 unspecified atom stereocenters. The van der Waals surface area contributed by atoms with Crippen LogP contribution in [0.1, 0.15) is 78.5 Å². The number of hydrogen-bond acceptors (Lipinski definition) is 14. The van der Waals surface area contributed by atoms with Crippen LogP contribution in [0.4, 0.5) is 8.78 Å². The van der Waals surface area contributed by atoms with Crippen LogP contribution in [-0.2, 0) is 37.2 Å². The monoisotopic (exact) mass is 960 g/mol. The molecule has 2 saturated carbocycles. The number of aromatic nitrogens is 12. The Morgan fingerprint density at radius 2 is 1.23 bits per heavy atom. The summed E-state index contributed by atoms with van der Waals surface area (Å²) in [6.07, 6.45) is 9.67. The Morgan fingerprint density at radius 3 is 1.77 bits per heavy atom. The fourth-order valence-corrected chi connectivity index (χ4v) is 12.8. The first kappa shape index (κ1) is 43.5. The van der Waals surface area contributed by atoms with E-state index >= 15 is 0 Å². The number of thioether (sulfide) groups is 2. The molecule has 65 heavy (non-hydrogen) atoms. The van der Waals surface area contributed by atoms with E-state index in [4.69, 9.17) is 32.2 Å². The second-order valence-electron chi connectivity index (χ2n) is 16.6. The summed E-state index contributed by atoms with van der Waals surface area (Å²) in [5, 5.41) is 9.25. The van der Waals surface area contributed by atoms with Gasteiger partial charge >= 0.3 is 0 Å². The molecule has 0 amide bonds. The summed E-state index contributed by atoms with van der Waals surface area (Å²) in [4.78, 5) is 50.9. The predicted molar refractivity (Wildman–Crippen MR) is 241 cm³/mol. The quantitative estimate of drug-likeness (QED) is 0.129. The minimum Gasteiger partial charge on any atom is -0.337 e. The van der Waals surface area contributed by atoms with Gasteiger partial charge in [0.25, 0.3) is 17.0 Å². The molecule has 1 saturated heterocycles. The zero-order valence-corrected chi connectivity index (χ0v) is 38.1. The van der Waals surface area contributed by atoms with Crippen LogP contribution < -0.4 is 11.1 Å². The summed E-state index contributed by atoms with van der Waals surface area (Å²) < 4.78 is 46.4. The van der Waals surface area contributed by atoms with E-state index in [0.29, 0.717) is 40.0 Å². The lowest BCUT2D eigenvalue weighted by atomic mass is 9.70. The van der Waals surface area contributed by atoms with E-state index in [1.165, 1.54) is 58.3 Å². The molecule has 1 aliphatic heterocycles. The third kappa shape index (κ3) is 8.26. The third-order valence-corrected chi connectivity index (χ3v) is 16.6. The van der Waals surface area contributed by atoms with E-state index in [1.54, 1.807) is 35.6 Å². The third-order valence-electron chi connectivity index (χ3n) is 12.4. The SMILES string of the molecule is Cn1cnc2ncn(Cc3nc(C4CC(C(F)(F)c5cccc(Cl)c5)C4)no3)c(=O)c21.Cn1cnc2ncn(Cc3nc(C4CC(C5(c6cccc(Cl)c6)SCCCS5)C4)no3)c(=O)c21. The second-order valence-corrected chi connectivity index (χ2v) is 20.4. The molecule has 3 aliphatic rings. The lowest BCUT2D eigenvalue weighted by Gasteiger charge is -2.49. The Kier molecular flexibility index (Phi) is 11.6. The highest BCUT2D eigenvalue weighted by Gasteiger charge is 2.51. The minimum atomic E-state index is -2.98. The molecule has 11 rings (SSSR count). The highest BCUT2D eigenvalue weighted by Crippen LogP contribution is 2.63. The van der Waals surface area contributed by atoms with Crippen LogP contribution >= 0.6 is 46.7 Å². The molecule has 0 atom stereocenters. The van der Waals surface area contributed by atoms with Crippen LogP contribution in [0.2, 0.25) is 10.0 Å². The minimum absolute atomic E-state index is 0.0315. The molecule has 2 aliphatic carbocycles. The van der Waals surface area contributed by atoms with Gasteiger partial charge in [-0.2, -0.15) is 9.97 Å². The van der Waals surface area contributed by atoms with Crippen molar-refractivity contribution in [2.45, 2.75) is 67.0 Å². The van der Waals surface area contributed by atoms with Crippen LogP contribution in [0.5, 0.6) is 0 Å². The molecule has 0 bridgehead atoms. The molecular weight excluding hydrogens is 922 g/mol. The molecule has 22 heteroatoms. The van der Waals surface area contributed by atoms with Crippen molar-refractivity contribution < 1.29 is 17.8 Å². The molecular formula is C43H40Cl2F2N12O4S2. The van der Waals surface area contributed by atoms with E-state index in [9.17, 15) is 18.4 Å². The number of rotatable bonds is 10. The van der Waals surface area contributed by atoms with Gasteiger partial charge in [-0.05, 0) is 79.4 Å². The average molecular weight is 962 g/mol. The number of aryl methyl sites for hydroxylation is 2. The number of nitrogens with zero attached hydrogens (tertiary/aromatic N) is 12. The number of imidazole rings is 2. The normalized spacial score (nSPS) is 20.6. The first-order chi connectivity index (χ1) is 31.4. The molecule has 0 radical (unpaired) electrons.